The van der Waals surface area contributed by atoms with Gasteiger partial charge in [0.15, 0.2) is 5.78 Å². The number of allylic oxidation sites excluding steroid dienone is 5. The number of halogens is 4. The van der Waals surface area contributed by atoms with Gasteiger partial charge in [0.25, 0.3) is 0 Å². The SMILES string of the molecule is O=C(c1ccc(C(F)(F)F)c(F)c1)C1C=c2c(ccc3c2=CCc2ccccc2-3)C(C2=CC=CC=CN2)C1. The molecule has 2 aliphatic carbocycles. The maximum absolute atomic E-state index is 14.4. The monoisotopic (exact) mass is 513 g/mol. The van der Waals surface area contributed by atoms with E-state index in [1.165, 1.54) is 5.56 Å². The third kappa shape index (κ3) is 4.20. The van der Waals surface area contributed by atoms with Crippen molar-refractivity contribution < 1.29 is 22.4 Å². The van der Waals surface area contributed by atoms with Gasteiger partial charge in [-0.1, -0.05) is 66.8 Å². The Labute approximate surface area is 217 Å². The van der Waals surface area contributed by atoms with E-state index in [9.17, 15) is 22.4 Å². The Kier molecular flexibility index (Phi) is 5.90. The van der Waals surface area contributed by atoms with Crippen LogP contribution in [0.4, 0.5) is 17.6 Å². The van der Waals surface area contributed by atoms with Crippen LogP contribution >= 0.6 is 0 Å². The third-order valence-electron chi connectivity index (χ3n) is 7.50. The van der Waals surface area contributed by atoms with E-state index >= 15 is 0 Å². The molecular formula is C32H23F4NO. The molecule has 1 heterocycles. The van der Waals surface area contributed by atoms with Crippen molar-refractivity contribution in [3.8, 4) is 11.1 Å². The van der Waals surface area contributed by atoms with Gasteiger partial charge in [-0.3, -0.25) is 4.79 Å². The Balaban J connectivity index is 1.50. The summed E-state index contributed by atoms with van der Waals surface area (Å²) in [6.45, 7) is 0. The summed E-state index contributed by atoms with van der Waals surface area (Å²) in [5, 5.41) is 5.31. The molecule has 3 aromatic carbocycles. The Morgan fingerprint density at radius 1 is 0.921 bits per heavy atom. The molecule has 0 spiro atoms. The smallest absolute Gasteiger partial charge is 0.364 e. The number of carbonyl (C=O) groups is 1. The largest absolute Gasteiger partial charge is 0.419 e. The van der Waals surface area contributed by atoms with Gasteiger partial charge in [0.05, 0.1) is 5.56 Å². The fourth-order valence-corrected chi connectivity index (χ4v) is 5.70. The van der Waals surface area contributed by atoms with Gasteiger partial charge in [0, 0.05) is 29.3 Å². The van der Waals surface area contributed by atoms with Gasteiger partial charge in [0.1, 0.15) is 5.82 Å². The second-order valence-electron chi connectivity index (χ2n) is 9.72. The van der Waals surface area contributed by atoms with Crippen LogP contribution in [-0.4, -0.2) is 5.78 Å². The Hall–Kier alpha value is -4.19. The maximum Gasteiger partial charge on any atom is 0.419 e. The number of ketones is 1. The average Bonchev–Trinajstić information content (AvgIpc) is 3.20. The van der Waals surface area contributed by atoms with Crippen LogP contribution in [0.3, 0.4) is 0 Å². The lowest BCUT2D eigenvalue weighted by molar-refractivity contribution is -0.140. The molecule has 6 heteroatoms. The first kappa shape index (κ1) is 24.2. The molecule has 2 nitrogen and oxygen atoms in total. The number of nitrogens with one attached hydrogen (secondary N) is 1. The first-order chi connectivity index (χ1) is 18.3. The van der Waals surface area contributed by atoms with Crippen LogP contribution in [0.5, 0.6) is 0 Å². The molecule has 1 N–H and O–H groups in total. The highest BCUT2D eigenvalue weighted by molar-refractivity contribution is 6.01. The summed E-state index contributed by atoms with van der Waals surface area (Å²) in [4.78, 5) is 13.6. The molecule has 1 aliphatic heterocycles. The lowest BCUT2D eigenvalue weighted by atomic mass is 9.75. The molecule has 2 atom stereocenters. The van der Waals surface area contributed by atoms with Crippen molar-refractivity contribution in [2.45, 2.75) is 24.9 Å². The molecule has 0 saturated carbocycles. The van der Waals surface area contributed by atoms with Crippen LogP contribution in [0, 0.1) is 11.7 Å². The molecule has 3 aromatic rings. The summed E-state index contributed by atoms with van der Waals surface area (Å²) in [5.41, 5.74) is 4.00. The molecule has 0 bridgehead atoms. The number of rotatable bonds is 3. The lowest BCUT2D eigenvalue weighted by Crippen LogP contribution is -2.40. The fraction of sp³-hybridized carbons (Fsp3) is 0.156. The van der Waals surface area contributed by atoms with E-state index in [1.807, 2.05) is 48.7 Å². The van der Waals surface area contributed by atoms with E-state index in [2.05, 4.69) is 35.7 Å². The first-order valence-electron chi connectivity index (χ1n) is 12.5. The minimum absolute atomic E-state index is 0.0688. The second-order valence-corrected chi connectivity index (χ2v) is 9.72. The molecule has 190 valence electrons. The van der Waals surface area contributed by atoms with Crippen molar-refractivity contribution in [3.63, 3.8) is 0 Å². The fourth-order valence-electron chi connectivity index (χ4n) is 5.70. The van der Waals surface area contributed by atoms with Crippen LogP contribution < -0.4 is 15.8 Å². The van der Waals surface area contributed by atoms with E-state index in [4.69, 9.17) is 0 Å². The van der Waals surface area contributed by atoms with Gasteiger partial charge >= 0.3 is 6.18 Å². The van der Waals surface area contributed by atoms with E-state index in [0.717, 1.165) is 45.3 Å². The van der Waals surface area contributed by atoms with Gasteiger partial charge in [-0.05, 0) is 69.8 Å². The molecule has 0 amide bonds. The van der Waals surface area contributed by atoms with Crippen LogP contribution in [0.1, 0.15) is 39.4 Å². The zero-order valence-corrected chi connectivity index (χ0v) is 20.2. The Bertz CT molecular complexity index is 1680. The zero-order chi connectivity index (χ0) is 26.4. The molecule has 38 heavy (non-hydrogen) atoms. The normalized spacial score (nSPS) is 19.5. The maximum atomic E-state index is 14.4. The third-order valence-corrected chi connectivity index (χ3v) is 7.50. The summed E-state index contributed by atoms with van der Waals surface area (Å²) in [5.74, 6) is -2.64. The van der Waals surface area contributed by atoms with Gasteiger partial charge in [-0.15, -0.1) is 0 Å². The van der Waals surface area contributed by atoms with Gasteiger partial charge in [-0.25, -0.2) is 4.39 Å². The number of hydrogen-bond donors (Lipinski definition) is 1. The van der Waals surface area contributed by atoms with Crippen molar-refractivity contribution in [2.75, 3.05) is 0 Å². The minimum Gasteiger partial charge on any atom is -0.364 e. The number of benzene rings is 3. The molecule has 0 aromatic heterocycles. The molecule has 0 saturated heterocycles. The van der Waals surface area contributed by atoms with E-state index in [0.29, 0.717) is 18.6 Å². The predicted molar refractivity (Wildman–Crippen MR) is 140 cm³/mol. The first-order valence-corrected chi connectivity index (χ1v) is 12.5. The molecular weight excluding hydrogens is 490 g/mol. The van der Waals surface area contributed by atoms with Crippen molar-refractivity contribution in [2.24, 2.45) is 5.92 Å². The number of hydrogen-bond acceptors (Lipinski definition) is 2. The van der Waals surface area contributed by atoms with Crippen LogP contribution in [0.15, 0.2) is 90.8 Å². The predicted octanol–water partition coefficient (Wildman–Crippen LogP) is 6.17. The quantitative estimate of drug-likeness (QED) is 0.335. The van der Waals surface area contributed by atoms with Gasteiger partial charge in [0.2, 0.25) is 0 Å². The second kappa shape index (κ2) is 9.28. The van der Waals surface area contributed by atoms with Crippen LogP contribution in [-0.2, 0) is 12.6 Å². The van der Waals surface area contributed by atoms with Crippen LogP contribution in [0.2, 0.25) is 0 Å². The van der Waals surface area contributed by atoms with Crippen LogP contribution in [0.25, 0.3) is 23.3 Å². The summed E-state index contributed by atoms with van der Waals surface area (Å²) in [7, 11) is 0. The highest BCUT2D eigenvalue weighted by Gasteiger charge is 2.35. The number of alkyl halides is 3. The van der Waals surface area contributed by atoms with Crippen molar-refractivity contribution in [3.05, 3.63) is 129 Å². The molecule has 6 rings (SSSR count). The van der Waals surface area contributed by atoms with Crippen molar-refractivity contribution in [1.82, 2.24) is 5.32 Å². The standard InChI is InChI=1S/C32H23F4NO/c33-29-18-20(10-14-28(29)32(34,35)36)31(38)21-16-26-24-11-9-19-6-3-4-7-22(19)23(24)12-13-25(26)27(17-21)30-8-2-1-5-15-37-30/h1-8,10-16,18,21,27,37H,9,17H2. The summed E-state index contributed by atoms with van der Waals surface area (Å²) in [6, 6.07) is 14.9. The Morgan fingerprint density at radius 2 is 1.76 bits per heavy atom. The lowest BCUT2D eigenvalue weighted by Gasteiger charge is -2.30. The van der Waals surface area contributed by atoms with Crippen molar-refractivity contribution >= 4 is 17.9 Å². The number of Topliss-reactive ketones (excluding diaryl/α,β-unsaturated/α-hetero) is 1. The number of carbonyl (C=O) groups excluding carboxylic acids is 1. The highest BCUT2D eigenvalue weighted by atomic mass is 19.4. The minimum atomic E-state index is -4.82. The Morgan fingerprint density at radius 3 is 2.58 bits per heavy atom. The van der Waals surface area contributed by atoms with Gasteiger partial charge < -0.3 is 5.32 Å². The summed E-state index contributed by atoms with van der Waals surface area (Å²) >= 11 is 0. The zero-order valence-electron chi connectivity index (χ0n) is 20.2. The molecule has 3 aliphatic rings. The molecule has 0 radical (unpaired) electrons. The molecule has 0 fully saturated rings. The van der Waals surface area contributed by atoms with Gasteiger partial charge in [-0.2, -0.15) is 13.2 Å². The average molecular weight is 514 g/mol. The number of fused-ring (bicyclic) bond motifs is 5. The topological polar surface area (TPSA) is 29.1 Å². The summed E-state index contributed by atoms with van der Waals surface area (Å²) < 4.78 is 53.7. The van der Waals surface area contributed by atoms with Crippen molar-refractivity contribution in [1.29, 1.82) is 0 Å². The van der Waals surface area contributed by atoms with E-state index in [-0.39, 0.29) is 11.5 Å². The highest BCUT2D eigenvalue weighted by Crippen LogP contribution is 2.36. The summed E-state index contributed by atoms with van der Waals surface area (Å²) in [6.07, 6.45) is 9.93. The molecule has 2 unspecified atom stereocenters. The van der Waals surface area contributed by atoms with E-state index < -0.39 is 29.3 Å². The van der Waals surface area contributed by atoms with E-state index in [1.54, 1.807) is 0 Å².